The van der Waals surface area contributed by atoms with Gasteiger partial charge in [-0.05, 0) is 26.3 Å². The molecule has 0 aromatic carbocycles. The van der Waals surface area contributed by atoms with Gasteiger partial charge in [0.25, 0.3) is 0 Å². The monoisotopic (exact) mass is 258 g/mol. The van der Waals surface area contributed by atoms with Crippen LogP contribution in [0.2, 0.25) is 0 Å². The largest absolute Gasteiger partial charge is 0.385 e. The smallest absolute Gasteiger partial charge is 0.220 e. The van der Waals surface area contributed by atoms with Gasteiger partial charge < -0.3 is 20.9 Å². The number of nitrogens with one attached hydrogen (secondary N) is 1. The molecule has 1 amide bonds. The molecule has 0 radical (unpaired) electrons. The van der Waals surface area contributed by atoms with Crippen LogP contribution < -0.4 is 11.1 Å². The topological polar surface area (TPSA) is 84.6 Å². The summed E-state index contributed by atoms with van der Waals surface area (Å²) < 4.78 is 5.31. The van der Waals surface area contributed by atoms with Gasteiger partial charge in [-0.25, -0.2) is 0 Å². The number of ether oxygens (including phenoxy) is 1. The summed E-state index contributed by atoms with van der Waals surface area (Å²) in [7, 11) is 0. The van der Waals surface area contributed by atoms with Gasteiger partial charge in [-0.15, -0.1) is 0 Å². The van der Waals surface area contributed by atoms with Crippen LogP contribution in [-0.2, 0) is 9.53 Å². The highest BCUT2D eigenvalue weighted by molar-refractivity contribution is 5.75. The fourth-order valence-electron chi connectivity index (χ4n) is 2.13. The Balaban J connectivity index is 2.09. The van der Waals surface area contributed by atoms with Crippen molar-refractivity contribution in [1.29, 1.82) is 0 Å². The first-order valence-corrected chi connectivity index (χ1v) is 6.89. The lowest BCUT2D eigenvalue weighted by molar-refractivity contribution is -0.123. The molecule has 1 heterocycles. The van der Waals surface area contributed by atoms with Crippen molar-refractivity contribution in [1.82, 2.24) is 5.32 Å². The predicted molar refractivity (Wildman–Crippen MR) is 70.1 cm³/mol. The Hall–Kier alpha value is -0.650. The number of amides is 1. The summed E-state index contributed by atoms with van der Waals surface area (Å²) in [4.78, 5) is 11.6. The summed E-state index contributed by atoms with van der Waals surface area (Å²) in [6.07, 6.45) is 4.93. The SMILES string of the molecule is CC1OCCC1(O)CNC(=O)CCCCCCN. The fraction of sp³-hybridized carbons (Fsp3) is 0.923. The van der Waals surface area contributed by atoms with E-state index in [9.17, 15) is 9.90 Å². The molecule has 2 atom stereocenters. The van der Waals surface area contributed by atoms with Crippen LogP contribution >= 0.6 is 0 Å². The zero-order valence-electron chi connectivity index (χ0n) is 11.3. The zero-order valence-corrected chi connectivity index (χ0v) is 11.3. The minimum atomic E-state index is -0.894. The lowest BCUT2D eigenvalue weighted by atomic mass is 9.96. The van der Waals surface area contributed by atoms with E-state index < -0.39 is 5.60 Å². The van der Waals surface area contributed by atoms with E-state index in [0.29, 0.717) is 19.4 Å². The average molecular weight is 258 g/mol. The molecule has 0 bridgehead atoms. The van der Waals surface area contributed by atoms with Crippen molar-refractivity contribution in [3.05, 3.63) is 0 Å². The highest BCUT2D eigenvalue weighted by Crippen LogP contribution is 2.24. The molecular formula is C13H26N2O3. The molecule has 0 saturated carbocycles. The minimum absolute atomic E-state index is 0.00951. The van der Waals surface area contributed by atoms with Crippen molar-refractivity contribution >= 4 is 5.91 Å². The molecule has 0 aromatic heterocycles. The van der Waals surface area contributed by atoms with E-state index in [1.807, 2.05) is 6.92 Å². The molecular weight excluding hydrogens is 232 g/mol. The van der Waals surface area contributed by atoms with E-state index in [1.165, 1.54) is 0 Å². The first-order valence-electron chi connectivity index (χ1n) is 6.89. The molecule has 5 nitrogen and oxygen atoms in total. The molecule has 2 unspecified atom stereocenters. The molecule has 106 valence electrons. The van der Waals surface area contributed by atoms with Crippen molar-refractivity contribution in [3.8, 4) is 0 Å². The van der Waals surface area contributed by atoms with Gasteiger partial charge in [0, 0.05) is 26.0 Å². The molecule has 1 aliphatic heterocycles. The number of aliphatic hydroxyl groups is 1. The van der Waals surface area contributed by atoms with E-state index in [0.717, 1.165) is 32.2 Å². The number of hydrogen-bond acceptors (Lipinski definition) is 4. The molecule has 18 heavy (non-hydrogen) atoms. The summed E-state index contributed by atoms with van der Waals surface area (Å²) in [5.74, 6) is 0.00951. The summed E-state index contributed by atoms with van der Waals surface area (Å²) in [5.41, 5.74) is 4.50. The van der Waals surface area contributed by atoms with Crippen LogP contribution in [0.5, 0.6) is 0 Å². The number of hydrogen-bond donors (Lipinski definition) is 3. The third-order valence-electron chi connectivity index (χ3n) is 3.61. The van der Waals surface area contributed by atoms with E-state index in [4.69, 9.17) is 10.5 Å². The van der Waals surface area contributed by atoms with Crippen molar-refractivity contribution in [3.63, 3.8) is 0 Å². The van der Waals surface area contributed by atoms with Crippen LogP contribution in [0, 0.1) is 0 Å². The summed E-state index contributed by atoms with van der Waals surface area (Å²) in [5, 5.41) is 13.0. The van der Waals surface area contributed by atoms with Crippen molar-refractivity contribution < 1.29 is 14.6 Å². The van der Waals surface area contributed by atoms with Gasteiger partial charge in [0.1, 0.15) is 5.60 Å². The number of rotatable bonds is 8. The third-order valence-corrected chi connectivity index (χ3v) is 3.61. The van der Waals surface area contributed by atoms with E-state index in [1.54, 1.807) is 0 Å². The van der Waals surface area contributed by atoms with Gasteiger partial charge in [0.05, 0.1) is 6.10 Å². The number of carbonyl (C=O) groups excluding carboxylic acids is 1. The molecule has 4 N–H and O–H groups in total. The van der Waals surface area contributed by atoms with Crippen molar-refractivity contribution in [2.24, 2.45) is 5.73 Å². The van der Waals surface area contributed by atoms with Crippen LogP contribution in [0.15, 0.2) is 0 Å². The molecule has 1 rings (SSSR count). The van der Waals surface area contributed by atoms with Gasteiger partial charge in [-0.1, -0.05) is 12.8 Å². The second-order valence-electron chi connectivity index (χ2n) is 5.10. The Bertz CT molecular complexity index is 261. The van der Waals surface area contributed by atoms with E-state index >= 15 is 0 Å². The fourth-order valence-corrected chi connectivity index (χ4v) is 2.13. The Morgan fingerprint density at radius 3 is 2.78 bits per heavy atom. The third kappa shape index (κ3) is 4.92. The molecule has 1 fully saturated rings. The normalized spacial score (nSPS) is 27.4. The minimum Gasteiger partial charge on any atom is -0.385 e. The Morgan fingerprint density at radius 1 is 1.44 bits per heavy atom. The van der Waals surface area contributed by atoms with Gasteiger partial charge in [0.15, 0.2) is 0 Å². The van der Waals surface area contributed by atoms with Crippen LogP contribution in [-0.4, -0.2) is 42.4 Å². The maximum Gasteiger partial charge on any atom is 0.220 e. The molecule has 0 spiro atoms. The zero-order chi connectivity index (χ0) is 13.4. The van der Waals surface area contributed by atoms with Gasteiger partial charge in [0.2, 0.25) is 5.91 Å². The maximum atomic E-state index is 11.6. The predicted octanol–water partition coefficient (Wildman–Crippen LogP) is 0.552. The lowest BCUT2D eigenvalue weighted by Crippen LogP contribution is -2.47. The molecule has 0 aliphatic carbocycles. The van der Waals surface area contributed by atoms with Crippen LogP contribution in [0.4, 0.5) is 0 Å². The summed E-state index contributed by atoms with van der Waals surface area (Å²) in [6, 6.07) is 0. The summed E-state index contributed by atoms with van der Waals surface area (Å²) >= 11 is 0. The quantitative estimate of drug-likeness (QED) is 0.555. The van der Waals surface area contributed by atoms with E-state index in [2.05, 4.69) is 5.32 Å². The molecule has 0 aromatic rings. The first kappa shape index (κ1) is 15.4. The Labute approximate surface area is 109 Å². The van der Waals surface area contributed by atoms with Crippen LogP contribution in [0.3, 0.4) is 0 Å². The lowest BCUT2D eigenvalue weighted by Gasteiger charge is -2.26. The summed E-state index contributed by atoms with van der Waals surface area (Å²) in [6.45, 7) is 3.41. The highest BCUT2D eigenvalue weighted by Gasteiger charge is 2.39. The Morgan fingerprint density at radius 2 is 2.17 bits per heavy atom. The van der Waals surface area contributed by atoms with Gasteiger partial charge >= 0.3 is 0 Å². The van der Waals surface area contributed by atoms with Crippen molar-refractivity contribution in [2.75, 3.05) is 19.7 Å². The van der Waals surface area contributed by atoms with Crippen LogP contribution in [0.25, 0.3) is 0 Å². The molecule has 1 aliphatic rings. The molecule has 1 saturated heterocycles. The van der Waals surface area contributed by atoms with Crippen LogP contribution in [0.1, 0.15) is 45.4 Å². The second kappa shape index (κ2) is 7.71. The number of unbranched alkanes of at least 4 members (excludes halogenated alkanes) is 3. The van der Waals surface area contributed by atoms with Gasteiger partial charge in [-0.3, -0.25) is 4.79 Å². The van der Waals surface area contributed by atoms with Gasteiger partial charge in [-0.2, -0.15) is 0 Å². The second-order valence-corrected chi connectivity index (χ2v) is 5.10. The Kier molecular flexibility index (Phi) is 6.60. The van der Waals surface area contributed by atoms with Crippen molar-refractivity contribution in [2.45, 2.75) is 57.2 Å². The highest BCUT2D eigenvalue weighted by atomic mass is 16.5. The first-order chi connectivity index (χ1) is 8.58. The number of nitrogens with two attached hydrogens (primary N) is 1. The van der Waals surface area contributed by atoms with E-state index in [-0.39, 0.29) is 18.6 Å². The standard InChI is InChI=1S/C13H26N2O3/c1-11-13(17,7-9-18-11)10-15-12(16)6-4-2-3-5-8-14/h11,17H,2-10,14H2,1H3,(H,15,16). The maximum absolute atomic E-state index is 11.6. The molecule has 5 heteroatoms. The number of carbonyl (C=O) groups is 1. The average Bonchev–Trinajstić information content (AvgIpc) is 2.68.